The third kappa shape index (κ3) is 2.84. The van der Waals surface area contributed by atoms with Gasteiger partial charge in [0, 0.05) is 13.2 Å². The van der Waals surface area contributed by atoms with Gasteiger partial charge in [0.2, 0.25) is 5.88 Å². The fourth-order valence-corrected chi connectivity index (χ4v) is 1.98. The minimum Gasteiger partial charge on any atom is -0.472 e. The smallest absolute Gasteiger partial charge is 0.223 e. The molecule has 3 rings (SSSR count). The van der Waals surface area contributed by atoms with E-state index in [2.05, 4.69) is 15.1 Å². The first-order valence-electron chi connectivity index (χ1n) is 6.51. The first-order chi connectivity index (χ1) is 10.2. The highest BCUT2D eigenvalue weighted by Crippen LogP contribution is 2.27. The lowest BCUT2D eigenvalue weighted by Gasteiger charge is -2.08. The van der Waals surface area contributed by atoms with Crippen molar-refractivity contribution in [2.75, 3.05) is 5.73 Å². The van der Waals surface area contributed by atoms with Crippen LogP contribution in [0.2, 0.25) is 0 Å². The summed E-state index contributed by atoms with van der Waals surface area (Å²) in [4.78, 5) is 8.42. The Labute approximate surface area is 122 Å². The van der Waals surface area contributed by atoms with Gasteiger partial charge in [-0.3, -0.25) is 0 Å². The molecule has 0 amide bonds. The molecule has 0 aliphatic heterocycles. The molecule has 0 saturated carbocycles. The second kappa shape index (κ2) is 5.62. The Morgan fingerprint density at radius 1 is 1.19 bits per heavy atom. The summed E-state index contributed by atoms with van der Waals surface area (Å²) in [7, 11) is 1.82. The Hall–Kier alpha value is -2.89. The molecule has 21 heavy (non-hydrogen) atoms. The fraction of sp³-hybridized carbons (Fsp3) is 0.133. The van der Waals surface area contributed by atoms with Crippen LogP contribution in [0.25, 0.3) is 11.4 Å². The molecule has 0 aliphatic carbocycles. The molecule has 6 nitrogen and oxygen atoms in total. The number of nitrogens with two attached hydrogens (primary N) is 1. The number of nitrogen functional groups attached to an aromatic ring is 1. The molecule has 106 valence electrons. The van der Waals surface area contributed by atoms with Crippen molar-refractivity contribution in [3.8, 4) is 17.3 Å². The predicted octanol–water partition coefficient (Wildman–Crippen LogP) is 2.04. The van der Waals surface area contributed by atoms with Crippen LogP contribution in [-0.2, 0) is 13.7 Å². The van der Waals surface area contributed by atoms with Gasteiger partial charge in [-0.15, -0.1) is 0 Å². The van der Waals surface area contributed by atoms with Crippen LogP contribution in [0.5, 0.6) is 5.88 Å². The number of ether oxygens (including phenoxy) is 1. The maximum atomic E-state index is 5.87. The van der Waals surface area contributed by atoms with E-state index in [9.17, 15) is 0 Å². The SMILES string of the molecule is Cn1ncc(-c2nccc(N)n2)c1OCc1ccccc1. The minimum atomic E-state index is 0.415. The number of nitrogens with zero attached hydrogens (tertiary/aromatic N) is 4. The number of rotatable bonds is 4. The average Bonchev–Trinajstić information content (AvgIpc) is 2.87. The van der Waals surface area contributed by atoms with Crippen molar-refractivity contribution in [3.05, 3.63) is 54.4 Å². The molecule has 1 aromatic carbocycles. The van der Waals surface area contributed by atoms with E-state index in [1.165, 1.54) is 0 Å². The zero-order chi connectivity index (χ0) is 14.7. The first-order valence-corrected chi connectivity index (χ1v) is 6.51. The molecular weight excluding hydrogens is 266 g/mol. The number of hydrogen-bond acceptors (Lipinski definition) is 5. The quantitative estimate of drug-likeness (QED) is 0.791. The lowest BCUT2D eigenvalue weighted by Crippen LogP contribution is -2.02. The van der Waals surface area contributed by atoms with Gasteiger partial charge < -0.3 is 10.5 Å². The highest BCUT2D eigenvalue weighted by atomic mass is 16.5. The van der Waals surface area contributed by atoms with E-state index in [0.29, 0.717) is 24.1 Å². The molecule has 3 aromatic rings. The first kappa shape index (κ1) is 13.1. The summed E-state index contributed by atoms with van der Waals surface area (Å²) in [5.41, 5.74) is 7.50. The summed E-state index contributed by atoms with van der Waals surface area (Å²) in [6.45, 7) is 0.454. The lowest BCUT2D eigenvalue weighted by molar-refractivity contribution is 0.280. The van der Waals surface area contributed by atoms with Crippen molar-refractivity contribution in [2.45, 2.75) is 6.61 Å². The predicted molar refractivity (Wildman–Crippen MR) is 79.4 cm³/mol. The highest BCUT2D eigenvalue weighted by molar-refractivity contribution is 5.61. The molecule has 0 atom stereocenters. The fourth-order valence-electron chi connectivity index (χ4n) is 1.98. The van der Waals surface area contributed by atoms with Gasteiger partial charge >= 0.3 is 0 Å². The van der Waals surface area contributed by atoms with Crippen LogP contribution in [0.3, 0.4) is 0 Å². The average molecular weight is 281 g/mol. The summed E-state index contributed by atoms with van der Waals surface area (Å²) in [5.74, 6) is 1.54. The summed E-state index contributed by atoms with van der Waals surface area (Å²) in [6.07, 6.45) is 3.29. The van der Waals surface area contributed by atoms with E-state index in [4.69, 9.17) is 10.5 Å². The van der Waals surface area contributed by atoms with Gasteiger partial charge in [-0.25, -0.2) is 14.6 Å². The van der Waals surface area contributed by atoms with E-state index in [-0.39, 0.29) is 0 Å². The molecule has 0 radical (unpaired) electrons. The normalized spacial score (nSPS) is 10.5. The van der Waals surface area contributed by atoms with Gasteiger partial charge in [0.1, 0.15) is 18.0 Å². The molecule has 0 bridgehead atoms. The van der Waals surface area contributed by atoms with Crippen LogP contribution in [-0.4, -0.2) is 19.7 Å². The third-order valence-electron chi connectivity index (χ3n) is 3.02. The minimum absolute atomic E-state index is 0.415. The third-order valence-corrected chi connectivity index (χ3v) is 3.02. The molecule has 6 heteroatoms. The van der Waals surface area contributed by atoms with Crippen molar-refractivity contribution in [1.29, 1.82) is 0 Å². The second-order valence-electron chi connectivity index (χ2n) is 4.57. The van der Waals surface area contributed by atoms with E-state index in [1.807, 2.05) is 37.4 Å². The standard InChI is InChI=1S/C15H15N5O/c1-20-15(21-10-11-5-3-2-4-6-11)12(9-18-20)14-17-8-7-13(16)19-14/h2-9H,10H2,1H3,(H2,16,17,19). The van der Waals surface area contributed by atoms with Crippen molar-refractivity contribution in [3.63, 3.8) is 0 Å². The van der Waals surface area contributed by atoms with Gasteiger partial charge in [-0.1, -0.05) is 30.3 Å². The Kier molecular flexibility index (Phi) is 3.51. The Morgan fingerprint density at radius 3 is 2.76 bits per heavy atom. The van der Waals surface area contributed by atoms with Gasteiger partial charge in [0.15, 0.2) is 5.82 Å². The van der Waals surface area contributed by atoms with Gasteiger partial charge in [0.25, 0.3) is 0 Å². The van der Waals surface area contributed by atoms with Gasteiger partial charge in [-0.2, -0.15) is 5.10 Å². The maximum Gasteiger partial charge on any atom is 0.223 e. The lowest BCUT2D eigenvalue weighted by atomic mass is 10.2. The Morgan fingerprint density at radius 2 is 2.00 bits per heavy atom. The van der Waals surface area contributed by atoms with Crippen LogP contribution < -0.4 is 10.5 Å². The summed E-state index contributed by atoms with van der Waals surface area (Å²) >= 11 is 0. The molecule has 0 spiro atoms. The number of aryl methyl sites for hydroxylation is 1. The van der Waals surface area contributed by atoms with Crippen LogP contribution in [0, 0.1) is 0 Å². The molecule has 0 fully saturated rings. The van der Waals surface area contributed by atoms with Crippen molar-refractivity contribution in [2.24, 2.45) is 7.05 Å². The topological polar surface area (TPSA) is 78.9 Å². The van der Waals surface area contributed by atoms with E-state index >= 15 is 0 Å². The van der Waals surface area contributed by atoms with Crippen LogP contribution in [0.1, 0.15) is 5.56 Å². The summed E-state index contributed by atoms with van der Waals surface area (Å²) in [5, 5.41) is 4.21. The molecule has 2 aromatic heterocycles. The van der Waals surface area contributed by atoms with Gasteiger partial charge in [0.05, 0.1) is 6.20 Å². The summed E-state index contributed by atoms with van der Waals surface area (Å²) < 4.78 is 7.53. The number of benzene rings is 1. The monoisotopic (exact) mass is 281 g/mol. The molecular formula is C15H15N5O. The molecule has 0 unspecified atom stereocenters. The van der Waals surface area contributed by atoms with E-state index in [0.717, 1.165) is 11.1 Å². The van der Waals surface area contributed by atoms with Crippen molar-refractivity contribution in [1.82, 2.24) is 19.7 Å². The molecule has 0 aliphatic rings. The maximum absolute atomic E-state index is 5.87. The van der Waals surface area contributed by atoms with E-state index < -0.39 is 0 Å². The second-order valence-corrected chi connectivity index (χ2v) is 4.57. The van der Waals surface area contributed by atoms with Crippen LogP contribution >= 0.6 is 0 Å². The van der Waals surface area contributed by atoms with Gasteiger partial charge in [-0.05, 0) is 11.6 Å². The largest absolute Gasteiger partial charge is 0.472 e. The Bertz CT molecular complexity index is 739. The number of anilines is 1. The molecule has 2 N–H and O–H groups in total. The number of hydrogen-bond donors (Lipinski definition) is 1. The molecule has 2 heterocycles. The highest BCUT2D eigenvalue weighted by Gasteiger charge is 2.15. The number of aromatic nitrogens is 4. The van der Waals surface area contributed by atoms with E-state index in [1.54, 1.807) is 23.1 Å². The Balaban J connectivity index is 1.87. The summed E-state index contributed by atoms with van der Waals surface area (Å²) in [6, 6.07) is 11.6. The molecule has 0 saturated heterocycles. The van der Waals surface area contributed by atoms with Crippen LogP contribution in [0.4, 0.5) is 5.82 Å². The van der Waals surface area contributed by atoms with Crippen molar-refractivity contribution < 1.29 is 4.74 Å². The van der Waals surface area contributed by atoms with Crippen LogP contribution in [0.15, 0.2) is 48.8 Å². The zero-order valence-corrected chi connectivity index (χ0v) is 11.6. The zero-order valence-electron chi connectivity index (χ0n) is 11.6. The van der Waals surface area contributed by atoms with Crippen molar-refractivity contribution >= 4 is 5.82 Å².